The number of benzene rings is 1. The summed E-state index contributed by atoms with van der Waals surface area (Å²) in [5.74, 6) is 0.0338. The quantitative estimate of drug-likeness (QED) is 0.784. The lowest BCUT2D eigenvalue weighted by molar-refractivity contribution is 0.0933. The number of nitrogens with one attached hydrogen (secondary N) is 1. The first kappa shape index (κ1) is 16.0. The summed E-state index contributed by atoms with van der Waals surface area (Å²) < 4.78 is 0. The van der Waals surface area contributed by atoms with Crippen molar-refractivity contribution in [3.8, 4) is 5.75 Å². The lowest BCUT2D eigenvalue weighted by Gasteiger charge is -2.24. The fraction of sp³-hybridized carbons (Fsp3) is 0.533. The van der Waals surface area contributed by atoms with Crippen LogP contribution in [0.3, 0.4) is 0 Å². The number of phenols is 1. The zero-order valence-corrected chi connectivity index (χ0v) is 13.4. The highest BCUT2D eigenvalue weighted by Crippen LogP contribution is 2.23. The van der Waals surface area contributed by atoms with Gasteiger partial charge in [-0.3, -0.25) is 4.79 Å². The van der Waals surface area contributed by atoms with E-state index >= 15 is 0 Å². The zero-order chi connectivity index (χ0) is 14.5. The maximum Gasteiger partial charge on any atom is 0.251 e. The SMILES string of the molecule is Cc1c(O)cccc1C(=O)NCC(C)(C)CCCBr. The molecule has 0 aromatic heterocycles. The Hall–Kier alpha value is -1.03. The molecule has 0 heterocycles. The van der Waals surface area contributed by atoms with Gasteiger partial charge >= 0.3 is 0 Å². The van der Waals surface area contributed by atoms with E-state index in [1.54, 1.807) is 25.1 Å². The fourth-order valence-electron chi connectivity index (χ4n) is 1.92. The third kappa shape index (κ3) is 4.86. The molecule has 4 heteroatoms. The van der Waals surface area contributed by atoms with Crippen LogP contribution >= 0.6 is 15.9 Å². The van der Waals surface area contributed by atoms with Gasteiger partial charge in [-0.1, -0.05) is 35.8 Å². The molecule has 3 nitrogen and oxygen atoms in total. The molecule has 0 aliphatic rings. The molecule has 0 saturated carbocycles. The molecular formula is C15H22BrNO2. The average molecular weight is 328 g/mol. The predicted molar refractivity (Wildman–Crippen MR) is 82.0 cm³/mol. The molecule has 0 bridgehead atoms. The Kier molecular flexibility index (Phi) is 5.85. The van der Waals surface area contributed by atoms with Crippen molar-refractivity contribution in [3.63, 3.8) is 0 Å². The second kappa shape index (κ2) is 6.94. The van der Waals surface area contributed by atoms with Gasteiger partial charge < -0.3 is 10.4 Å². The van der Waals surface area contributed by atoms with Crippen LogP contribution in [0.15, 0.2) is 18.2 Å². The van der Waals surface area contributed by atoms with E-state index < -0.39 is 0 Å². The Balaban J connectivity index is 2.63. The van der Waals surface area contributed by atoms with Crippen LogP contribution in [0.5, 0.6) is 5.75 Å². The monoisotopic (exact) mass is 327 g/mol. The Morgan fingerprint density at radius 2 is 2.11 bits per heavy atom. The first-order valence-electron chi connectivity index (χ1n) is 6.50. The largest absolute Gasteiger partial charge is 0.508 e. The van der Waals surface area contributed by atoms with Crippen molar-refractivity contribution in [2.24, 2.45) is 5.41 Å². The second-order valence-electron chi connectivity index (χ2n) is 5.59. The summed E-state index contributed by atoms with van der Waals surface area (Å²) in [5, 5.41) is 13.5. The van der Waals surface area contributed by atoms with Crippen molar-refractivity contribution < 1.29 is 9.90 Å². The van der Waals surface area contributed by atoms with Crippen LogP contribution in [0.4, 0.5) is 0 Å². The molecule has 1 aromatic rings. The highest BCUT2D eigenvalue weighted by molar-refractivity contribution is 9.09. The number of hydrogen-bond donors (Lipinski definition) is 2. The van der Waals surface area contributed by atoms with Crippen molar-refractivity contribution in [3.05, 3.63) is 29.3 Å². The van der Waals surface area contributed by atoms with Crippen LogP contribution in [-0.2, 0) is 0 Å². The molecule has 1 amide bonds. The van der Waals surface area contributed by atoms with Gasteiger partial charge in [0.2, 0.25) is 0 Å². The minimum atomic E-state index is -0.125. The molecule has 0 aliphatic carbocycles. The number of rotatable bonds is 6. The summed E-state index contributed by atoms with van der Waals surface area (Å²) in [7, 11) is 0. The number of carbonyl (C=O) groups excluding carboxylic acids is 1. The van der Waals surface area contributed by atoms with Crippen LogP contribution in [-0.4, -0.2) is 22.9 Å². The number of amides is 1. The predicted octanol–water partition coefficient (Wildman–Crippen LogP) is 3.63. The minimum absolute atomic E-state index is 0.0775. The summed E-state index contributed by atoms with van der Waals surface area (Å²) in [6.07, 6.45) is 2.14. The molecule has 0 atom stereocenters. The molecule has 1 aromatic carbocycles. The van der Waals surface area contributed by atoms with Crippen LogP contribution in [0.25, 0.3) is 0 Å². The standard InChI is InChI=1S/C15H22BrNO2/c1-11-12(6-4-7-13(11)18)14(19)17-10-15(2,3)8-5-9-16/h4,6-7,18H,5,8-10H2,1-3H3,(H,17,19). The minimum Gasteiger partial charge on any atom is -0.508 e. The van der Waals surface area contributed by atoms with Gasteiger partial charge in [0.05, 0.1) is 0 Å². The first-order valence-corrected chi connectivity index (χ1v) is 7.62. The van der Waals surface area contributed by atoms with Gasteiger partial charge in [-0.05, 0) is 37.3 Å². The van der Waals surface area contributed by atoms with E-state index in [0.29, 0.717) is 17.7 Å². The third-order valence-corrected chi connectivity index (χ3v) is 3.83. The Morgan fingerprint density at radius 1 is 1.42 bits per heavy atom. The number of phenolic OH excluding ortho intramolecular Hbond substituents is 1. The Bertz CT molecular complexity index is 444. The second-order valence-corrected chi connectivity index (χ2v) is 6.38. The zero-order valence-electron chi connectivity index (χ0n) is 11.8. The molecule has 2 N–H and O–H groups in total. The average Bonchev–Trinajstić information content (AvgIpc) is 2.37. The summed E-state index contributed by atoms with van der Waals surface area (Å²) in [6, 6.07) is 5.01. The van der Waals surface area contributed by atoms with Gasteiger partial charge in [0.1, 0.15) is 5.75 Å². The molecule has 0 aliphatic heterocycles. The van der Waals surface area contributed by atoms with Crippen LogP contribution in [0.2, 0.25) is 0 Å². The highest BCUT2D eigenvalue weighted by Gasteiger charge is 2.19. The van der Waals surface area contributed by atoms with Crippen molar-refractivity contribution in [1.29, 1.82) is 0 Å². The molecule has 106 valence electrons. The van der Waals surface area contributed by atoms with Gasteiger partial charge in [0.15, 0.2) is 0 Å². The Morgan fingerprint density at radius 3 is 2.74 bits per heavy atom. The van der Waals surface area contributed by atoms with E-state index in [9.17, 15) is 9.90 Å². The van der Waals surface area contributed by atoms with E-state index in [1.807, 2.05) is 0 Å². The number of aromatic hydroxyl groups is 1. The first-order chi connectivity index (χ1) is 8.87. The van der Waals surface area contributed by atoms with Crippen LogP contribution < -0.4 is 5.32 Å². The summed E-state index contributed by atoms with van der Waals surface area (Å²) in [4.78, 5) is 12.1. The van der Waals surface area contributed by atoms with Gasteiger partial charge in [-0.15, -0.1) is 0 Å². The van der Waals surface area contributed by atoms with Crippen molar-refractivity contribution in [2.45, 2.75) is 33.6 Å². The van der Waals surface area contributed by atoms with E-state index in [2.05, 4.69) is 35.1 Å². The van der Waals surface area contributed by atoms with E-state index in [-0.39, 0.29) is 17.1 Å². The molecule has 0 unspecified atom stereocenters. The van der Waals surface area contributed by atoms with Gasteiger partial charge in [0.25, 0.3) is 5.91 Å². The summed E-state index contributed by atoms with van der Waals surface area (Å²) in [6.45, 7) is 6.67. The van der Waals surface area contributed by atoms with Crippen LogP contribution in [0, 0.1) is 12.3 Å². The number of halogens is 1. The van der Waals surface area contributed by atoms with E-state index in [4.69, 9.17) is 0 Å². The number of alkyl halides is 1. The third-order valence-electron chi connectivity index (χ3n) is 3.26. The van der Waals surface area contributed by atoms with Gasteiger partial charge in [-0.25, -0.2) is 0 Å². The van der Waals surface area contributed by atoms with Gasteiger partial charge in [0, 0.05) is 23.0 Å². The molecule has 0 spiro atoms. The number of hydrogen-bond acceptors (Lipinski definition) is 2. The smallest absolute Gasteiger partial charge is 0.251 e. The lowest BCUT2D eigenvalue weighted by atomic mass is 9.88. The van der Waals surface area contributed by atoms with E-state index in [0.717, 1.165) is 18.2 Å². The lowest BCUT2D eigenvalue weighted by Crippen LogP contribution is -2.34. The Labute approximate surface area is 123 Å². The summed E-state index contributed by atoms with van der Waals surface area (Å²) in [5.41, 5.74) is 1.24. The normalized spacial score (nSPS) is 11.4. The summed E-state index contributed by atoms with van der Waals surface area (Å²) >= 11 is 3.42. The molecule has 1 rings (SSSR count). The highest BCUT2D eigenvalue weighted by atomic mass is 79.9. The van der Waals surface area contributed by atoms with Crippen molar-refractivity contribution in [1.82, 2.24) is 5.32 Å². The molecular weight excluding hydrogens is 306 g/mol. The maximum atomic E-state index is 12.1. The molecule has 19 heavy (non-hydrogen) atoms. The van der Waals surface area contributed by atoms with Crippen molar-refractivity contribution >= 4 is 21.8 Å². The fourth-order valence-corrected chi connectivity index (χ4v) is 2.20. The molecule has 0 fully saturated rings. The van der Waals surface area contributed by atoms with E-state index in [1.165, 1.54) is 0 Å². The maximum absolute atomic E-state index is 12.1. The molecule has 0 radical (unpaired) electrons. The van der Waals surface area contributed by atoms with Crippen LogP contribution in [0.1, 0.15) is 42.6 Å². The molecule has 0 saturated heterocycles. The number of carbonyl (C=O) groups is 1. The van der Waals surface area contributed by atoms with Gasteiger partial charge in [-0.2, -0.15) is 0 Å². The topological polar surface area (TPSA) is 49.3 Å². The van der Waals surface area contributed by atoms with Crippen molar-refractivity contribution in [2.75, 3.05) is 11.9 Å².